The summed E-state index contributed by atoms with van der Waals surface area (Å²) >= 11 is 0. The van der Waals surface area contributed by atoms with Gasteiger partial charge >= 0.3 is 11.8 Å². The summed E-state index contributed by atoms with van der Waals surface area (Å²) in [5.74, 6) is -8.59. The molecule has 1 amide bonds. The zero-order chi connectivity index (χ0) is 41.8. The van der Waals surface area contributed by atoms with Gasteiger partial charge in [0.05, 0.1) is 53.0 Å². The van der Waals surface area contributed by atoms with Crippen molar-refractivity contribution in [3.05, 3.63) is 52.8 Å². The second-order valence-corrected chi connectivity index (χ2v) is 14.7. The van der Waals surface area contributed by atoms with Gasteiger partial charge in [-0.15, -0.1) is 0 Å². The van der Waals surface area contributed by atoms with E-state index < -0.39 is 88.8 Å². The number of ketones is 1. The van der Waals surface area contributed by atoms with Gasteiger partial charge in [-0.2, -0.15) is 0 Å². The molecule has 3 aliphatic heterocycles. The number of oxime groups is 1. The SMILES string of the molecule is CCCO/N=C/c1c2c(O)c3c(O)c(C)c4c(c3c1O)C(=O)C(C)(O/C=C/C(OC)C(C)C(OC(C)=O)C(C)C(O)C(C)C(O)C(C)/C=C/C=C(C)C(=O)N2)O4. The number of amides is 1. The van der Waals surface area contributed by atoms with Crippen LogP contribution >= 0.6 is 0 Å². The van der Waals surface area contributed by atoms with Crippen molar-refractivity contribution in [1.82, 2.24) is 0 Å². The third-order valence-corrected chi connectivity index (χ3v) is 10.6. The van der Waals surface area contributed by atoms with E-state index in [1.165, 1.54) is 53.2 Å². The van der Waals surface area contributed by atoms with Crippen molar-refractivity contribution in [1.29, 1.82) is 0 Å². The van der Waals surface area contributed by atoms with Crippen LogP contribution in [-0.2, 0) is 28.6 Å². The van der Waals surface area contributed by atoms with Gasteiger partial charge in [0.2, 0.25) is 0 Å². The van der Waals surface area contributed by atoms with E-state index >= 15 is 0 Å². The molecule has 9 unspecified atom stereocenters. The van der Waals surface area contributed by atoms with Gasteiger partial charge in [0.25, 0.3) is 11.7 Å². The van der Waals surface area contributed by atoms with E-state index in [9.17, 15) is 39.9 Å². The molecule has 0 spiro atoms. The number of methoxy groups -OCH3 is 1. The molecule has 2 aromatic rings. The maximum Gasteiger partial charge on any atom is 0.312 e. The normalized spacial score (nSPS) is 30.1. The Morgan fingerprint density at radius 2 is 1.66 bits per heavy atom. The van der Waals surface area contributed by atoms with Crippen molar-refractivity contribution in [3.63, 3.8) is 0 Å². The number of esters is 1. The number of phenolic OH excluding ortho intramolecular Hbond substituents is 3. The largest absolute Gasteiger partial charge is 0.507 e. The molecule has 6 N–H and O–H groups in total. The lowest BCUT2D eigenvalue weighted by molar-refractivity contribution is -0.160. The number of carbonyl (C=O) groups excluding carboxylic acids is 3. The number of aliphatic hydroxyl groups is 2. The summed E-state index contributed by atoms with van der Waals surface area (Å²) in [5.41, 5.74) is -0.591. The highest BCUT2D eigenvalue weighted by atomic mass is 16.7. The van der Waals surface area contributed by atoms with Crippen molar-refractivity contribution < 1.29 is 63.7 Å². The second kappa shape index (κ2) is 17.8. The van der Waals surface area contributed by atoms with E-state index in [2.05, 4.69) is 10.5 Å². The summed E-state index contributed by atoms with van der Waals surface area (Å²) in [7, 11) is 1.43. The molecule has 5 bridgehead atoms. The highest BCUT2D eigenvalue weighted by Crippen LogP contribution is 2.55. The van der Waals surface area contributed by atoms with Gasteiger partial charge in [0.15, 0.2) is 5.75 Å². The van der Waals surface area contributed by atoms with Crippen molar-refractivity contribution in [3.8, 4) is 23.0 Å². The molecule has 56 heavy (non-hydrogen) atoms. The number of rotatable bonds is 6. The molecule has 15 nitrogen and oxygen atoms in total. The average Bonchev–Trinajstić information content (AvgIpc) is 3.42. The third kappa shape index (κ3) is 8.49. The van der Waals surface area contributed by atoms with Crippen LogP contribution in [0.2, 0.25) is 0 Å². The van der Waals surface area contributed by atoms with Crippen LogP contribution in [0.3, 0.4) is 0 Å². The van der Waals surface area contributed by atoms with Gasteiger partial charge in [0, 0.05) is 61.2 Å². The molecule has 0 saturated heterocycles. The zero-order valence-electron chi connectivity index (χ0n) is 33.4. The second-order valence-electron chi connectivity index (χ2n) is 14.7. The topological polar surface area (TPSA) is 223 Å². The number of carbonyl (C=O) groups is 3. The molecule has 3 heterocycles. The molecule has 0 saturated carbocycles. The molecular weight excluding hydrogens is 728 g/mol. The number of hydrogen-bond acceptors (Lipinski definition) is 14. The van der Waals surface area contributed by atoms with E-state index in [0.29, 0.717) is 6.42 Å². The van der Waals surface area contributed by atoms with Crippen molar-refractivity contribution in [2.45, 2.75) is 98.9 Å². The molecular formula is C41H54N2O13. The summed E-state index contributed by atoms with van der Waals surface area (Å²) in [5, 5.41) is 63.6. The van der Waals surface area contributed by atoms with Gasteiger partial charge < -0.3 is 54.6 Å². The van der Waals surface area contributed by atoms with Crippen LogP contribution in [0.4, 0.5) is 5.69 Å². The van der Waals surface area contributed by atoms with Gasteiger partial charge in [-0.3, -0.25) is 14.4 Å². The summed E-state index contributed by atoms with van der Waals surface area (Å²) in [6.45, 7) is 14.5. The van der Waals surface area contributed by atoms with E-state index in [0.717, 1.165) is 6.21 Å². The first kappa shape index (κ1) is 43.6. The first-order valence-electron chi connectivity index (χ1n) is 18.6. The molecule has 9 atom stereocenters. The molecule has 0 aromatic heterocycles. The standard InChI is InChI=1S/C41H54N2O13/c1-11-16-54-42-18-26-31-36(49)29-28(35(26)48)30-38(24(7)34(29)47)56-41(9,39(30)50)53-17-15-27(52-10)21(4)37(55-25(8)44)23(6)33(46)22(5)32(45)19(2)13-12-14-20(3)40(51)43-31/h12-15,17-19,21-23,27,32-33,37,45-49H,11,16H2,1-10H3,(H,43,51)/b13-12+,17-15+,20-14?,42-18+. The lowest BCUT2D eigenvalue weighted by Crippen LogP contribution is -2.46. The Balaban J connectivity index is 1.97. The van der Waals surface area contributed by atoms with Gasteiger partial charge in [-0.1, -0.05) is 58.0 Å². The molecule has 2 aromatic carbocycles. The number of fused-ring (bicyclic) bond motifs is 14. The Morgan fingerprint density at radius 3 is 2.29 bits per heavy atom. The number of allylic oxidation sites excluding steroid dienone is 2. The van der Waals surface area contributed by atoms with E-state index in [1.54, 1.807) is 39.8 Å². The molecule has 0 radical (unpaired) electrons. The Labute approximate surface area is 326 Å². The maximum atomic E-state index is 14.3. The Bertz CT molecular complexity index is 1950. The van der Waals surface area contributed by atoms with Crippen molar-refractivity contribution in [2.24, 2.45) is 28.8 Å². The van der Waals surface area contributed by atoms with Crippen LogP contribution in [0.1, 0.15) is 83.3 Å². The van der Waals surface area contributed by atoms with Crippen LogP contribution < -0.4 is 10.1 Å². The van der Waals surface area contributed by atoms with Gasteiger partial charge in [-0.05, 0) is 26.3 Å². The quantitative estimate of drug-likeness (QED) is 0.0532. The minimum absolute atomic E-state index is 0.0363. The van der Waals surface area contributed by atoms with E-state index in [-0.39, 0.29) is 51.1 Å². The summed E-state index contributed by atoms with van der Waals surface area (Å²) in [6.07, 6.45) is 5.13. The average molecular weight is 783 g/mol. The molecule has 15 heteroatoms. The predicted octanol–water partition coefficient (Wildman–Crippen LogP) is 5.51. The predicted molar refractivity (Wildman–Crippen MR) is 208 cm³/mol. The minimum Gasteiger partial charge on any atom is -0.507 e. The highest BCUT2D eigenvalue weighted by Gasteiger charge is 2.50. The lowest BCUT2D eigenvalue weighted by Gasteiger charge is -2.38. The number of benzene rings is 2. The Kier molecular flexibility index (Phi) is 13.8. The third-order valence-electron chi connectivity index (χ3n) is 10.6. The van der Waals surface area contributed by atoms with Gasteiger partial charge in [-0.25, -0.2) is 0 Å². The van der Waals surface area contributed by atoms with Crippen LogP contribution in [0, 0.1) is 30.6 Å². The fourth-order valence-corrected chi connectivity index (χ4v) is 7.11. The summed E-state index contributed by atoms with van der Waals surface area (Å²) in [6, 6.07) is 0. The summed E-state index contributed by atoms with van der Waals surface area (Å²) < 4.78 is 23.4. The smallest absolute Gasteiger partial charge is 0.312 e. The number of phenols is 3. The first-order valence-corrected chi connectivity index (χ1v) is 18.6. The zero-order valence-corrected chi connectivity index (χ0v) is 33.4. The number of anilines is 1. The monoisotopic (exact) mass is 782 g/mol. The molecule has 306 valence electrons. The maximum absolute atomic E-state index is 14.3. The Hall–Kier alpha value is -5.12. The fraction of sp³-hybridized carbons (Fsp3) is 0.512. The minimum atomic E-state index is -2.05. The Morgan fingerprint density at radius 1 is 0.982 bits per heavy atom. The van der Waals surface area contributed by atoms with Crippen molar-refractivity contribution in [2.75, 3.05) is 19.0 Å². The van der Waals surface area contributed by atoms with Gasteiger partial charge in [0.1, 0.15) is 30.0 Å². The fourth-order valence-electron chi connectivity index (χ4n) is 7.11. The number of aromatic hydroxyl groups is 3. The number of ether oxygens (including phenoxy) is 4. The number of hydrogen-bond donors (Lipinski definition) is 6. The summed E-state index contributed by atoms with van der Waals surface area (Å²) in [4.78, 5) is 45.4. The number of nitrogens with zero attached hydrogens (tertiary/aromatic N) is 1. The molecule has 3 aliphatic rings. The van der Waals surface area contributed by atoms with E-state index in [1.807, 2.05) is 6.92 Å². The number of nitrogens with one attached hydrogen (secondary N) is 1. The van der Waals surface area contributed by atoms with Crippen LogP contribution in [-0.4, -0.2) is 93.3 Å². The molecule has 0 fully saturated rings. The van der Waals surface area contributed by atoms with Crippen LogP contribution in [0.15, 0.2) is 41.3 Å². The van der Waals surface area contributed by atoms with Crippen molar-refractivity contribution >= 4 is 40.3 Å². The number of Topliss-reactive ketones (excluding diaryl/α,β-unsaturated/α-hetero) is 1. The molecule has 0 aliphatic carbocycles. The van der Waals surface area contributed by atoms with Crippen LogP contribution in [0.5, 0.6) is 23.0 Å². The van der Waals surface area contributed by atoms with Crippen LogP contribution in [0.25, 0.3) is 10.8 Å². The highest BCUT2D eigenvalue weighted by molar-refractivity contribution is 6.23. The molecule has 5 rings (SSSR count). The van der Waals surface area contributed by atoms with E-state index in [4.69, 9.17) is 23.8 Å². The first-order chi connectivity index (χ1) is 26.3. The number of aliphatic hydroxyl groups excluding tert-OH is 2. The lowest BCUT2D eigenvalue weighted by atomic mass is 9.78.